The van der Waals surface area contributed by atoms with Gasteiger partial charge < -0.3 is 19.5 Å². The molecular weight excluding hydrogens is 296 g/mol. The van der Waals surface area contributed by atoms with Crippen molar-refractivity contribution in [1.29, 1.82) is 0 Å². The molecular formula is C17H26N2O4. The van der Waals surface area contributed by atoms with E-state index in [9.17, 15) is 4.79 Å². The van der Waals surface area contributed by atoms with Crippen molar-refractivity contribution in [1.82, 2.24) is 10.2 Å². The first kappa shape index (κ1) is 17.6. The molecule has 0 bridgehead atoms. The number of rotatable bonds is 8. The maximum atomic E-state index is 12.2. The number of ether oxygens (including phenoxy) is 3. The topological polar surface area (TPSA) is 60.0 Å². The number of hydrogen-bond acceptors (Lipinski definition) is 6. The minimum atomic E-state index is -0.345. The summed E-state index contributed by atoms with van der Waals surface area (Å²) in [6.07, 6.45) is 0. The van der Waals surface area contributed by atoms with Crippen molar-refractivity contribution in [2.75, 3.05) is 52.5 Å². The van der Waals surface area contributed by atoms with Gasteiger partial charge in [-0.05, 0) is 26.0 Å². The monoisotopic (exact) mass is 322 g/mol. The zero-order chi connectivity index (χ0) is 16.5. The third-order valence-corrected chi connectivity index (χ3v) is 3.59. The lowest BCUT2D eigenvalue weighted by Crippen LogP contribution is -2.44. The number of piperazine rings is 1. The third kappa shape index (κ3) is 5.73. The summed E-state index contributed by atoms with van der Waals surface area (Å²) >= 11 is 0. The second-order valence-corrected chi connectivity index (χ2v) is 5.29. The van der Waals surface area contributed by atoms with Gasteiger partial charge in [-0.1, -0.05) is 0 Å². The Morgan fingerprint density at radius 1 is 1.09 bits per heavy atom. The number of nitrogens with one attached hydrogen (secondary N) is 1. The van der Waals surface area contributed by atoms with Crippen molar-refractivity contribution in [2.24, 2.45) is 0 Å². The van der Waals surface area contributed by atoms with Gasteiger partial charge in [0.1, 0.15) is 18.1 Å². The number of carbonyl (C=O) groups excluding carboxylic acids is 1. The summed E-state index contributed by atoms with van der Waals surface area (Å²) in [4.78, 5) is 14.5. The second kappa shape index (κ2) is 9.37. The van der Waals surface area contributed by atoms with Crippen molar-refractivity contribution in [2.45, 2.75) is 13.8 Å². The Hall–Kier alpha value is -1.79. The van der Waals surface area contributed by atoms with E-state index in [1.807, 2.05) is 13.8 Å². The Morgan fingerprint density at radius 2 is 1.70 bits per heavy atom. The molecule has 1 heterocycles. The molecule has 0 spiro atoms. The molecule has 0 unspecified atom stereocenters. The summed E-state index contributed by atoms with van der Waals surface area (Å²) < 4.78 is 16.3. The molecule has 0 saturated carbocycles. The summed E-state index contributed by atoms with van der Waals surface area (Å²) in [7, 11) is 0. The highest BCUT2D eigenvalue weighted by Gasteiger charge is 2.13. The average molecular weight is 322 g/mol. The summed E-state index contributed by atoms with van der Waals surface area (Å²) in [5.41, 5.74) is 0.458. The number of nitrogens with zero attached hydrogens (tertiary/aromatic N) is 1. The van der Waals surface area contributed by atoms with Crippen LogP contribution in [0.25, 0.3) is 0 Å². The minimum absolute atomic E-state index is 0.345. The molecule has 0 radical (unpaired) electrons. The van der Waals surface area contributed by atoms with Gasteiger partial charge in [-0.2, -0.15) is 0 Å². The molecule has 1 aliphatic heterocycles. The lowest BCUT2D eigenvalue weighted by Gasteiger charge is -2.26. The summed E-state index contributed by atoms with van der Waals surface area (Å²) in [6.45, 7) is 9.98. The number of hydrogen-bond donors (Lipinski definition) is 1. The number of esters is 1. The van der Waals surface area contributed by atoms with E-state index in [1.54, 1.807) is 18.2 Å². The van der Waals surface area contributed by atoms with Crippen LogP contribution in [0.4, 0.5) is 0 Å². The maximum Gasteiger partial charge on any atom is 0.338 e. The SMILES string of the molecule is CCOc1cc(OCC)cc(C(=O)OCCN2CCNCC2)c1. The van der Waals surface area contributed by atoms with Crippen LogP contribution in [0.2, 0.25) is 0 Å². The summed E-state index contributed by atoms with van der Waals surface area (Å²) in [5, 5.41) is 3.30. The fourth-order valence-corrected chi connectivity index (χ4v) is 2.48. The van der Waals surface area contributed by atoms with E-state index >= 15 is 0 Å². The lowest BCUT2D eigenvalue weighted by molar-refractivity contribution is 0.0455. The van der Waals surface area contributed by atoms with E-state index in [2.05, 4.69) is 10.2 Å². The van der Waals surface area contributed by atoms with Crippen LogP contribution in [0.3, 0.4) is 0 Å². The second-order valence-electron chi connectivity index (χ2n) is 5.29. The highest BCUT2D eigenvalue weighted by atomic mass is 16.5. The molecule has 2 rings (SSSR count). The Labute approximate surface area is 137 Å². The lowest BCUT2D eigenvalue weighted by atomic mass is 10.2. The van der Waals surface area contributed by atoms with E-state index in [4.69, 9.17) is 14.2 Å². The van der Waals surface area contributed by atoms with Crippen molar-refractivity contribution in [3.8, 4) is 11.5 Å². The first-order valence-electron chi connectivity index (χ1n) is 8.23. The van der Waals surface area contributed by atoms with Crippen LogP contribution in [-0.2, 0) is 4.74 Å². The number of carbonyl (C=O) groups is 1. The molecule has 1 N–H and O–H groups in total. The van der Waals surface area contributed by atoms with E-state index < -0.39 is 0 Å². The first-order valence-corrected chi connectivity index (χ1v) is 8.23. The van der Waals surface area contributed by atoms with Crippen molar-refractivity contribution in [3.63, 3.8) is 0 Å². The Kier molecular flexibility index (Phi) is 7.16. The Balaban J connectivity index is 1.91. The first-order chi connectivity index (χ1) is 11.2. The van der Waals surface area contributed by atoms with Gasteiger partial charge in [0, 0.05) is 38.8 Å². The van der Waals surface area contributed by atoms with Crippen LogP contribution in [0.5, 0.6) is 11.5 Å². The van der Waals surface area contributed by atoms with Crippen LogP contribution < -0.4 is 14.8 Å². The van der Waals surface area contributed by atoms with Gasteiger partial charge in [0.15, 0.2) is 0 Å². The smallest absolute Gasteiger partial charge is 0.338 e. The fourth-order valence-electron chi connectivity index (χ4n) is 2.48. The van der Waals surface area contributed by atoms with Crippen LogP contribution >= 0.6 is 0 Å². The molecule has 1 saturated heterocycles. The molecule has 1 fully saturated rings. The van der Waals surface area contributed by atoms with Gasteiger partial charge in [-0.3, -0.25) is 4.90 Å². The fraction of sp³-hybridized carbons (Fsp3) is 0.588. The predicted octanol–water partition coefficient (Wildman–Crippen LogP) is 1.55. The molecule has 23 heavy (non-hydrogen) atoms. The Bertz CT molecular complexity index is 477. The molecule has 0 aromatic heterocycles. The van der Waals surface area contributed by atoms with Gasteiger partial charge in [0.25, 0.3) is 0 Å². The zero-order valence-corrected chi connectivity index (χ0v) is 14.0. The highest BCUT2D eigenvalue weighted by molar-refractivity contribution is 5.90. The molecule has 1 aromatic rings. The van der Waals surface area contributed by atoms with E-state index in [1.165, 1.54) is 0 Å². The zero-order valence-electron chi connectivity index (χ0n) is 14.0. The van der Waals surface area contributed by atoms with Crippen LogP contribution in [0, 0.1) is 0 Å². The van der Waals surface area contributed by atoms with Crippen molar-refractivity contribution in [3.05, 3.63) is 23.8 Å². The van der Waals surface area contributed by atoms with Crippen LogP contribution in [0.15, 0.2) is 18.2 Å². The summed E-state index contributed by atoms with van der Waals surface area (Å²) in [6, 6.07) is 5.17. The van der Waals surface area contributed by atoms with E-state index in [-0.39, 0.29) is 5.97 Å². The average Bonchev–Trinajstić information content (AvgIpc) is 2.56. The van der Waals surface area contributed by atoms with Crippen LogP contribution in [-0.4, -0.2) is 63.4 Å². The normalized spacial score (nSPS) is 15.2. The maximum absolute atomic E-state index is 12.2. The minimum Gasteiger partial charge on any atom is -0.494 e. The van der Waals surface area contributed by atoms with E-state index in [0.29, 0.717) is 36.9 Å². The van der Waals surface area contributed by atoms with Gasteiger partial charge in [0.05, 0.1) is 18.8 Å². The standard InChI is InChI=1S/C17H26N2O4/c1-3-21-15-11-14(12-16(13-15)22-4-2)17(20)23-10-9-19-7-5-18-6-8-19/h11-13,18H,3-10H2,1-2H3. The van der Waals surface area contributed by atoms with Gasteiger partial charge in [-0.15, -0.1) is 0 Å². The predicted molar refractivity (Wildman–Crippen MR) is 88.4 cm³/mol. The van der Waals surface area contributed by atoms with Crippen molar-refractivity contribution < 1.29 is 19.0 Å². The van der Waals surface area contributed by atoms with Crippen molar-refractivity contribution >= 4 is 5.97 Å². The quantitative estimate of drug-likeness (QED) is 0.733. The largest absolute Gasteiger partial charge is 0.494 e. The molecule has 0 atom stereocenters. The third-order valence-electron chi connectivity index (χ3n) is 3.59. The van der Waals surface area contributed by atoms with Crippen LogP contribution in [0.1, 0.15) is 24.2 Å². The molecule has 128 valence electrons. The summed E-state index contributed by atoms with van der Waals surface area (Å²) in [5.74, 6) is 0.891. The molecule has 1 aliphatic rings. The molecule has 6 nitrogen and oxygen atoms in total. The highest BCUT2D eigenvalue weighted by Crippen LogP contribution is 2.23. The number of benzene rings is 1. The molecule has 1 aromatic carbocycles. The van der Waals surface area contributed by atoms with Gasteiger partial charge in [-0.25, -0.2) is 4.79 Å². The van der Waals surface area contributed by atoms with Gasteiger partial charge in [0.2, 0.25) is 0 Å². The molecule has 0 aliphatic carbocycles. The molecule has 0 amide bonds. The van der Waals surface area contributed by atoms with Gasteiger partial charge >= 0.3 is 5.97 Å². The van der Waals surface area contributed by atoms with E-state index in [0.717, 1.165) is 32.7 Å². The molecule has 6 heteroatoms. The Morgan fingerprint density at radius 3 is 2.26 bits per heavy atom.